The second-order valence-electron chi connectivity index (χ2n) is 5.31. The molecule has 1 aromatic heterocycles. The summed E-state index contributed by atoms with van der Waals surface area (Å²) in [6.45, 7) is 8.89. The molecule has 1 aliphatic rings. The second-order valence-corrected chi connectivity index (χ2v) is 6.52. The number of likely N-dealkylation sites (N-methyl/N-ethyl adjacent to an activating group) is 1. The first-order chi connectivity index (χ1) is 8.01. The first-order valence-electron chi connectivity index (χ1n) is 5.94. The highest BCUT2D eigenvalue weighted by Gasteiger charge is 2.31. The highest BCUT2D eigenvalue weighted by Crippen LogP contribution is 2.21. The molecule has 1 aromatic rings. The molecule has 0 aliphatic carbocycles. The molecule has 96 valence electrons. The summed E-state index contributed by atoms with van der Waals surface area (Å²) in [7, 11) is 2.20. The minimum atomic E-state index is 0.255. The summed E-state index contributed by atoms with van der Waals surface area (Å²) in [5, 5.41) is 3.24. The largest absolute Gasteiger partial charge is 0.299 e. The van der Waals surface area contributed by atoms with E-state index < -0.39 is 0 Å². The van der Waals surface area contributed by atoms with Crippen molar-refractivity contribution in [1.82, 2.24) is 14.8 Å². The predicted molar refractivity (Wildman–Crippen MR) is 73.7 cm³/mol. The van der Waals surface area contributed by atoms with Gasteiger partial charge in [-0.3, -0.25) is 9.80 Å². The van der Waals surface area contributed by atoms with Crippen LogP contribution in [0.25, 0.3) is 0 Å². The zero-order valence-electron chi connectivity index (χ0n) is 10.7. The fourth-order valence-corrected chi connectivity index (χ4v) is 3.21. The van der Waals surface area contributed by atoms with Crippen LogP contribution in [0, 0.1) is 0 Å². The van der Waals surface area contributed by atoms with Crippen molar-refractivity contribution in [3.05, 3.63) is 16.1 Å². The highest BCUT2D eigenvalue weighted by atomic mass is 35.5. The normalized spacial score (nSPS) is 21.9. The van der Waals surface area contributed by atoms with Crippen LogP contribution in [-0.2, 0) is 12.4 Å². The van der Waals surface area contributed by atoms with Crippen molar-refractivity contribution < 1.29 is 0 Å². The zero-order valence-corrected chi connectivity index (χ0v) is 12.3. The van der Waals surface area contributed by atoms with Crippen LogP contribution in [0.1, 0.15) is 24.5 Å². The maximum absolute atomic E-state index is 5.77. The van der Waals surface area contributed by atoms with Gasteiger partial charge in [0.15, 0.2) is 0 Å². The standard InChI is InChI=1S/C12H20ClN3S/c1-12(2)9-16(5-4-15(12)3)7-11-14-10(6-13)8-17-11/h8H,4-7,9H2,1-3H3. The quantitative estimate of drug-likeness (QED) is 0.789. The molecular formula is C12H20ClN3S. The van der Waals surface area contributed by atoms with E-state index in [9.17, 15) is 0 Å². The van der Waals surface area contributed by atoms with Crippen molar-refractivity contribution in [3.63, 3.8) is 0 Å². The number of rotatable bonds is 3. The molecule has 0 atom stereocenters. The smallest absolute Gasteiger partial charge is 0.107 e. The topological polar surface area (TPSA) is 19.4 Å². The number of alkyl halides is 1. The Morgan fingerprint density at radius 1 is 1.47 bits per heavy atom. The highest BCUT2D eigenvalue weighted by molar-refractivity contribution is 7.09. The number of nitrogens with zero attached hydrogens (tertiary/aromatic N) is 3. The van der Waals surface area contributed by atoms with Crippen LogP contribution in [0.4, 0.5) is 0 Å². The van der Waals surface area contributed by atoms with Crippen molar-refractivity contribution in [3.8, 4) is 0 Å². The average molecular weight is 274 g/mol. The Balaban J connectivity index is 1.96. The van der Waals surface area contributed by atoms with E-state index in [-0.39, 0.29) is 5.54 Å². The number of hydrogen-bond donors (Lipinski definition) is 0. The number of piperazine rings is 1. The van der Waals surface area contributed by atoms with E-state index in [1.54, 1.807) is 11.3 Å². The number of halogens is 1. The lowest BCUT2D eigenvalue weighted by Gasteiger charge is -2.45. The van der Waals surface area contributed by atoms with Crippen LogP contribution in [0.15, 0.2) is 5.38 Å². The molecule has 1 saturated heterocycles. The van der Waals surface area contributed by atoms with Crippen molar-refractivity contribution in [1.29, 1.82) is 0 Å². The molecule has 3 nitrogen and oxygen atoms in total. The second kappa shape index (κ2) is 5.22. The summed E-state index contributed by atoms with van der Waals surface area (Å²) >= 11 is 7.49. The third-order valence-corrected chi connectivity index (χ3v) is 4.65. The molecular weight excluding hydrogens is 254 g/mol. The summed E-state index contributed by atoms with van der Waals surface area (Å²) in [5.41, 5.74) is 1.25. The van der Waals surface area contributed by atoms with Crippen LogP contribution in [0.2, 0.25) is 0 Å². The Hall–Kier alpha value is -0.160. The van der Waals surface area contributed by atoms with Gasteiger partial charge in [0.25, 0.3) is 0 Å². The molecule has 0 saturated carbocycles. The van der Waals surface area contributed by atoms with Crippen molar-refractivity contribution >= 4 is 22.9 Å². The molecule has 0 bridgehead atoms. The minimum absolute atomic E-state index is 0.255. The fourth-order valence-electron chi connectivity index (χ4n) is 2.15. The minimum Gasteiger partial charge on any atom is -0.299 e. The van der Waals surface area contributed by atoms with Crippen LogP contribution < -0.4 is 0 Å². The molecule has 1 aliphatic heterocycles. The van der Waals surface area contributed by atoms with Gasteiger partial charge in [-0.1, -0.05) is 0 Å². The van der Waals surface area contributed by atoms with Gasteiger partial charge < -0.3 is 0 Å². The molecule has 17 heavy (non-hydrogen) atoms. The van der Waals surface area contributed by atoms with E-state index in [1.807, 2.05) is 0 Å². The molecule has 0 aromatic carbocycles. The van der Waals surface area contributed by atoms with Gasteiger partial charge in [0.1, 0.15) is 5.01 Å². The molecule has 0 N–H and O–H groups in total. The summed E-state index contributed by atoms with van der Waals surface area (Å²) in [4.78, 5) is 9.43. The van der Waals surface area contributed by atoms with E-state index in [4.69, 9.17) is 11.6 Å². The number of aromatic nitrogens is 1. The van der Waals surface area contributed by atoms with Gasteiger partial charge in [0.05, 0.1) is 18.1 Å². The first kappa shape index (κ1) is 13.3. The lowest BCUT2D eigenvalue weighted by molar-refractivity contribution is 0.0359. The van der Waals surface area contributed by atoms with Gasteiger partial charge in [0, 0.05) is 30.6 Å². The van der Waals surface area contributed by atoms with Gasteiger partial charge >= 0.3 is 0 Å². The SMILES string of the molecule is CN1CCN(Cc2nc(CCl)cs2)CC1(C)C. The lowest BCUT2D eigenvalue weighted by Crippen LogP contribution is -2.57. The Kier molecular flexibility index (Phi) is 4.08. The van der Waals surface area contributed by atoms with Gasteiger partial charge in [-0.2, -0.15) is 0 Å². The zero-order chi connectivity index (χ0) is 12.5. The van der Waals surface area contributed by atoms with E-state index in [1.165, 1.54) is 5.01 Å². The third-order valence-electron chi connectivity index (χ3n) is 3.49. The predicted octanol–water partition coefficient (Wildman–Crippen LogP) is 2.41. The van der Waals surface area contributed by atoms with E-state index in [2.05, 4.69) is 41.1 Å². The maximum Gasteiger partial charge on any atom is 0.107 e. The van der Waals surface area contributed by atoms with Crippen molar-refractivity contribution in [2.45, 2.75) is 31.8 Å². The van der Waals surface area contributed by atoms with Crippen LogP contribution in [-0.4, -0.2) is 47.0 Å². The summed E-state index contributed by atoms with van der Waals surface area (Å²) < 4.78 is 0. The molecule has 5 heteroatoms. The molecule has 0 radical (unpaired) electrons. The van der Waals surface area contributed by atoms with Crippen LogP contribution in [0.3, 0.4) is 0 Å². The van der Waals surface area contributed by atoms with Crippen molar-refractivity contribution in [2.24, 2.45) is 0 Å². The molecule has 1 fully saturated rings. The lowest BCUT2D eigenvalue weighted by atomic mass is 10.00. The Bertz CT molecular complexity index is 378. The van der Waals surface area contributed by atoms with Crippen molar-refractivity contribution in [2.75, 3.05) is 26.7 Å². The van der Waals surface area contributed by atoms with Crippen LogP contribution in [0.5, 0.6) is 0 Å². The third kappa shape index (κ3) is 3.19. The Morgan fingerprint density at radius 2 is 2.24 bits per heavy atom. The average Bonchev–Trinajstić information content (AvgIpc) is 2.71. The molecule has 0 unspecified atom stereocenters. The summed E-state index contributed by atoms with van der Waals surface area (Å²) in [6.07, 6.45) is 0. The molecule has 2 rings (SSSR count). The number of thiazole rings is 1. The van der Waals surface area contributed by atoms with Gasteiger partial charge in [-0.25, -0.2) is 4.98 Å². The molecule has 0 spiro atoms. The molecule has 0 amide bonds. The Labute approximate surface area is 112 Å². The van der Waals surface area contributed by atoms with Gasteiger partial charge in [-0.15, -0.1) is 22.9 Å². The number of hydrogen-bond acceptors (Lipinski definition) is 4. The monoisotopic (exact) mass is 273 g/mol. The first-order valence-corrected chi connectivity index (χ1v) is 7.35. The van der Waals surface area contributed by atoms with E-state index in [0.29, 0.717) is 5.88 Å². The fraction of sp³-hybridized carbons (Fsp3) is 0.750. The van der Waals surface area contributed by atoms with Gasteiger partial charge in [0.2, 0.25) is 0 Å². The summed E-state index contributed by atoms with van der Waals surface area (Å²) in [6, 6.07) is 0. The van der Waals surface area contributed by atoms with E-state index >= 15 is 0 Å². The maximum atomic E-state index is 5.77. The molecule has 2 heterocycles. The Morgan fingerprint density at radius 3 is 2.82 bits per heavy atom. The van der Waals surface area contributed by atoms with Gasteiger partial charge in [-0.05, 0) is 20.9 Å². The van der Waals surface area contributed by atoms with E-state index in [0.717, 1.165) is 31.9 Å². The summed E-state index contributed by atoms with van der Waals surface area (Å²) in [5.74, 6) is 0.519. The van der Waals surface area contributed by atoms with Crippen LogP contribution >= 0.6 is 22.9 Å².